The molecule has 98 valence electrons. The number of aromatic carboxylic acids is 1. The summed E-state index contributed by atoms with van der Waals surface area (Å²) in [5.41, 5.74) is 5.64. The molecule has 2 rings (SSSR count). The van der Waals surface area contributed by atoms with E-state index in [2.05, 4.69) is 4.98 Å². The van der Waals surface area contributed by atoms with Gasteiger partial charge in [-0.25, -0.2) is 9.78 Å². The number of aromatic nitrogens is 1. The minimum Gasteiger partial charge on any atom is -0.478 e. The van der Waals surface area contributed by atoms with Crippen LogP contribution in [0.15, 0.2) is 12.3 Å². The highest BCUT2D eigenvalue weighted by Crippen LogP contribution is 2.28. The maximum atomic E-state index is 10.8. The van der Waals surface area contributed by atoms with Crippen molar-refractivity contribution in [1.82, 2.24) is 4.98 Å². The van der Waals surface area contributed by atoms with E-state index in [1.165, 1.54) is 12.3 Å². The summed E-state index contributed by atoms with van der Waals surface area (Å²) in [6.45, 7) is 3.14. The van der Waals surface area contributed by atoms with Gasteiger partial charge in [-0.1, -0.05) is 0 Å². The zero-order valence-corrected chi connectivity index (χ0v) is 10.3. The topological polar surface area (TPSA) is 99.7 Å². The molecule has 0 bridgehead atoms. The molecule has 1 aromatic heterocycles. The third-order valence-corrected chi connectivity index (χ3v) is 3.28. The van der Waals surface area contributed by atoms with E-state index in [0.717, 1.165) is 0 Å². The highest BCUT2D eigenvalue weighted by Gasteiger charge is 2.28. The number of nitrogen functional groups attached to an aromatic ring is 1. The molecule has 1 aromatic rings. The van der Waals surface area contributed by atoms with Gasteiger partial charge in [-0.05, 0) is 25.8 Å². The van der Waals surface area contributed by atoms with E-state index in [4.69, 9.17) is 10.8 Å². The van der Waals surface area contributed by atoms with Gasteiger partial charge in [0.05, 0.1) is 16.9 Å². The lowest BCUT2D eigenvalue weighted by Crippen LogP contribution is -2.43. The highest BCUT2D eigenvalue weighted by molar-refractivity contribution is 5.89. The molecule has 1 fully saturated rings. The van der Waals surface area contributed by atoms with Crippen LogP contribution in [0.3, 0.4) is 0 Å². The van der Waals surface area contributed by atoms with Crippen molar-refractivity contribution >= 4 is 17.5 Å². The summed E-state index contributed by atoms with van der Waals surface area (Å²) in [7, 11) is 0. The van der Waals surface area contributed by atoms with Crippen LogP contribution in [0.2, 0.25) is 0 Å². The van der Waals surface area contributed by atoms with Gasteiger partial charge in [-0.2, -0.15) is 0 Å². The van der Waals surface area contributed by atoms with Gasteiger partial charge in [0.1, 0.15) is 0 Å². The van der Waals surface area contributed by atoms with Crippen LogP contribution in [-0.2, 0) is 0 Å². The van der Waals surface area contributed by atoms with Gasteiger partial charge in [-0.15, -0.1) is 0 Å². The van der Waals surface area contributed by atoms with Crippen LogP contribution in [0.4, 0.5) is 11.5 Å². The minimum absolute atomic E-state index is 0.0836. The molecule has 0 spiro atoms. The van der Waals surface area contributed by atoms with Crippen LogP contribution >= 0.6 is 0 Å². The van der Waals surface area contributed by atoms with Crippen LogP contribution in [-0.4, -0.2) is 39.9 Å². The largest absolute Gasteiger partial charge is 0.478 e. The molecule has 1 aliphatic rings. The van der Waals surface area contributed by atoms with Gasteiger partial charge in [0.2, 0.25) is 0 Å². The van der Waals surface area contributed by atoms with Gasteiger partial charge in [0.25, 0.3) is 0 Å². The van der Waals surface area contributed by atoms with E-state index in [9.17, 15) is 9.90 Å². The third-order valence-electron chi connectivity index (χ3n) is 3.28. The zero-order chi connectivity index (χ0) is 13.3. The Labute approximate surface area is 105 Å². The number of hydrogen-bond donors (Lipinski definition) is 3. The molecule has 0 unspecified atom stereocenters. The Morgan fingerprint density at radius 3 is 2.61 bits per heavy atom. The van der Waals surface area contributed by atoms with Crippen LogP contribution in [0.5, 0.6) is 0 Å². The monoisotopic (exact) mass is 251 g/mol. The van der Waals surface area contributed by atoms with E-state index < -0.39 is 11.6 Å². The molecule has 1 saturated heterocycles. The van der Waals surface area contributed by atoms with E-state index in [-0.39, 0.29) is 5.56 Å². The molecule has 1 aliphatic heterocycles. The number of aliphatic hydroxyl groups is 1. The molecular weight excluding hydrogens is 234 g/mol. The zero-order valence-electron chi connectivity index (χ0n) is 10.3. The molecule has 18 heavy (non-hydrogen) atoms. The second kappa shape index (κ2) is 4.45. The third kappa shape index (κ3) is 2.53. The molecule has 0 aromatic carbocycles. The number of nitrogens with zero attached hydrogens (tertiary/aromatic N) is 2. The molecule has 0 saturated carbocycles. The second-order valence-electron chi connectivity index (χ2n) is 4.93. The Kier molecular flexibility index (Phi) is 3.13. The predicted molar refractivity (Wildman–Crippen MR) is 67.7 cm³/mol. The maximum Gasteiger partial charge on any atom is 0.337 e. The number of nitrogens with two attached hydrogens (primary N) is 1. The number of carbonyl (C=O) groups is 1. The van der Waals surface area contributed by atoms with Gasteiger partial charge < -0.3 is 20.8 Å². The van der Waals surface area contributed by atoms with Gasteiger partial charge in [-0.3, -0.25) is 0 Å². The van der Waals surface area contributed by atoms with Crippen LogP contribution < -0.4 is 10.6 Å². The van der Waals surface area contributed by atoms with E-state index in [0.29, 0.717) is 37.4 Å². The lowest BCUT2D eigenvalue weighted by atomic mass is 9.94. The highest BCUT2D eigenvalue weighted by atomic mass is 16.4. The molecule has 0 atom stereocenters. The summed E-state index contributed by atoms with van der Waals surface area (Å²) in [5, 5.41) is 18.7. The number of pyridine rings is 1. The molecule has 0 amide bonds. The Morgan fingerprint density at radius 1 is 1.50 bits per heavy atom. The first kappa shape index (κ1) is 12.6. The predicted octanol–water partition coefficient (Wildman–Crippen LogP) is 0.713. The van der Waals surface area contributed by atoms with E-state index in [1.807, 2.05) is 11.8 Å². The Hall–Kier alpha value is -1.82. The normalized spacial score (nSPS) is 18.7. The average Bonchev–Trinajstić information content (AvgIpc) is 2.29. The first-order chi connectivity index (χ1) is 8.39. The Morgan fingerprint density at radius 2 is 2.11 bits per heavy atom. The van der Waals surface area contributed by atoms with Crippen molar-refractivity contribution in [3.8, 4) is 0 Å². The molecule has 0 aliphatic carbocycles. The van der Waals surface area contributed by atoms with Crippen LogP contribution in [0, 0.1) is 0 Å². The van der Waals surface area contributed by atoms with Crippen molar-refractivity contribution in [3.05, 3.63) is 17.8 Å². The van der Waals surface area contributed by atoms with Gasteiger partial charge >= 0.3 is 5.97 Å². The fraction of sp³-hybridized carbons (Fsp3) is 0.500. The summed E-state index contributed by atoms with van der Waals surface area (Å²) in [4.78, 5) is 16.9. The number of carboxylic acid groups (broad SMARTS) is 1. The number of piperidine rings is 1. The lowest BCUT2D eigenvalue weighted by Gasteiger charge is -2.36. The Balaban J connectivity index is 2.17. The summed E-state index contributed by atoms with van der Waals surface area (Å²) in [6.07, 6.45) is 2.60. The first-order valence-electron chi connectivity index (χ1n) is 5.85. The Bertz CT molecular complexity index is 464. The SMILES string of the molecule is CC1(O)CCN(c2ncc(C(=O)O)cc2N)CC1. The average molecular weight is 251 g/mol. The fourth-order valence-electron chi connectivity index (χ4n) is 2.06. The van der Waals surface area contributed by atoms with Crippen molar-refractivity contribution < 1.29 is 15.0 Å². The molecular formula is C12H17N3O3. The lowest BCUT2D eigenvalue weighted by molar-refractivity contribution is 0.0350. The smallest absolute Gasteiger partial charge is 0.337 e. The number of anilines is 2. The summed E-state index contributed by atoms with van der Waals surface area (Å²) in [6, 6.07) is 1.41. The van der Waals surface area contributed by atoms with Crippen LogP contribution in [0.1, 0.15) is 30.1 Å². The van der Waals surface area contributed by atoms with Gasteiger partial charge in [0.15, 0.2) is 5.82 Å². The van der Waals surface area contributed by atoms with Crippen molar-refractivity contribution in [2.24, 2.45) is 0 Å². The van der Waals surface area contributed by atoms with Crippen LogP contribution in [0.25, 0.3) is 0 Å². The summed E-state index contributed by atoms with van der Waals surface area (Å²) in [5.74, 6) is -0.446. The quantitative estimate of drug-likeness (QED) is 0.716. The number of hydrogen-bond acceptors (Lipinski definition) is 5. The molecule has 4 N–H and O–H groups in total. The van der Waals surface area contributed by atoms with Crippen molar-refractivity contribution in [1.29, 1.82) is 0 Å². The summed E-state index contributed by atoms with van der Waals surface area (Å²) < 4.78 is 0. The molecule has 0 radical (unpaired) electrons. The molecule has 2 heterocycles. The number of rotatable bonds is 2. The van der Waals surface area contributed by atoms with Gasteiger partial charge in [0, 0.05) is 19.3 Å². The van der Waals surface area contributed by atoms with Crippen molar-refractivity contribution in [2.75, 3.05) is 23.7 Å². The van der Waals surface area contributed by atoms with Crippen molar-refractivity contribution in [2.45, 2.75) is 25.4 Å². The van der Waals surface area contributed by atoms with E-state index >= 15 is 0 Å². The minimum atomic E-state index is -1.04. The first-order valence-corrected chi connectivity index (χ1v) is 5.85. The van der Waals surface area contributed by atoms with E-state index in [1.54, 1.807) is 0 Å². The number of carboxylic acids is 1. The maximum absolute atomic E-state index is 10.8. The molecule has 6 nitrogen and oxygen atoms in total. The van der Waals surface area contributed by atoms with Crippen molar-refractivity contribution in [3.63, 3.8) is 0 Å². The summed E-state index contributed by atoms with van der Waals surface area (Å²) >= 11 is 0. The standard InChI is InChI=1S/C12H17N3O3/c1-12(18)2-4-15(5-3-12)10-9(13)6-8(7-14-10)11(16)17/h6-7,18H,2-5,13H2,1H3,(H,16,17). The second-order valence-corrected chi connectivity index (χ2v) is 4.93. The fourth-order valence-corrected chi connectivity index (χ4v) is 2.06. The molecule has 6 heteroatoms.